The molecule has 1 N–H and O–H groups in total. The fraction of sp³-hybridized carbons (Fsp3) is 0.364. The smallest absolute Gasteiger partial charge is 0.260 e. The number of thiophene rings is 1. The zero-order chi connectivity index (χ0) is 21.1. The van der Waals surface area contributed by atoms with Gasteiger partial charge in [-0.15, -0.1) is 11.3 Å². The van der Waals surface area contributed by atoms with E-state index >= 15 is 0 Å². The number of carbonyl (C=O) groups excluding carboxylic acids is 1. The third kappa shape index (κ3) is 4.00. The normalized spacial score (nSPS) is 12.0. The standard InChI is InChI=1S/C22H26N2O4S/c1-6-10-24-11-9-18-20(22(24)26)19(14(3)29-18)21(25)23-13(2)15-7-8-16(27-4)17(12-15)28-5/h7-9,11-13H,6,10H2,1-5H3,(H,23,25)/t13-/m0/s1. The van der Waals surface area contributed by atoms with E-state index in [0.717, 1.165) is 21.6 Å². The number of hydrogen-bond donors (Lipinski definition) is 1. The number of benzene rings is 1. The van der Waals surface area contributed by atoms with Gasteiger partial charge in [-0.1, -0.05) is 13.0 Å². The third-order valence-electron chi connectivity index (χ3n) is 4.94. The average molecular weight is 415 g/mol. The third-order valence-corrected chi connectivity index (χ3v) is 6.01. The van der Waals surface area contributed by atoms with E-state index in [4.69, 9.17) is 9.47 Å². The van der Waals surface area contributed by atoms with Crippen LogP contribution in [-0.2, 0) is 6.54 Å². The molecule has 7 heteroatoms. The van der Waals surface area contributed by atoms with Crippen LogP contribution < -0.4 is 20.3 Å². The largest absolute Gasteiger partial charge is 0.493 e. The SMILES string of the molecule is CCCn1ccc2sc(C)c(C(=O)N[C@@H](C)c3ccc(OC)c(OC)c3)c2c1=O. The number of carbonyl (C=O) groups is 1. The zero-order valence-electron chi connectivity index (χ0n) is 17.4. The van der Waals surface area contributed by atoms with E-state index in [1.165, 1.54) is 11.3 Å². The van der Waals surface area contributed by atoms with Crippen molar-refractivity contribution in [3.63, 3.8) is 0 Å². The summed E-state index contributed by atoms with van der Waals surface area (Å²) < 4.78 is 13.1. The summed E-state index contributed by atoms with van der Waals surface area (Å²) in [5.74, 6) is 0.985. The van der Waals surface area contributed by atoms with Gasteiger partial charge >= 0.3 is 0 Å². The number of aromatic nitrogens is 1. The van der Waals surface area contributed by atoms with Gasteiger partial charge in [-0.3, -0.25) is 9.59 Å². The van der Waals surface area contributed by atoms with Crippen LogP contribution >= 0.6 is 11.3 Å². The van der Waals surface area contributed by atoms with Gasteiger partial charge in [-0.25, -0.2) is 0 Å². The summed E-state index contributed by atoms with van der Waals surface area (Å²) in [4.78, 5) is 26.9. The molecule has 0 spiro atoms. The highest BCUT2D eigenvalue weighted by Crippen LogP contribution is 2.31. The number of pyridine rings is 1. The number of fused-ring (bicyclic) bond motifs is 1. The van der Waals surface area contributed by atoms with E-state index in [9.17, 15) is 9.59 Å². The second-order valence-electron chi connectivity index (χ2n) is 6.90. The molecule has 0 aliphatic rings. The van der Waals surface area contributed by atoms with Crippen LogP contribution in [-0.4, -0.2) is 24.7 Å². The van der Waals surface area contributed by atoms with Gasteiger partial charge in [-0.2, -0.15) is 0 Å². The number of nitrogens with zero attached hydrogens (tertiary/aromatic N) is 1. The maximum absolute atomic E-state index is 13.1. The molecule has 1 aromatic carbocycles. The van der Waals surface area contributed by atoms with Crippen LogP contribution in [0.15, 0.2) is 35.3 Å². The van der Waals surface area contributed by atoms with Gasteiger partial charge in [0.1, 0.15) is 0 Å². The average Bonchev–Trinajstić information content (AvgIpc) is 3.06. The Kier molecular flexibility index (Phi) is 6.27. The Balaban J connectivity index is 1.95. The highest BCUT2D eigenvalue weighted by molar-refractivity contribution is 7.19. The number of nitrogens with one attached hydrogen (secondary N) is 1. The Hall–Kier alpha value is -2.80. The van der Waals surface area contributed by atoms with Gasteiger partial charge in [-0.05, 0) is 44.0 Å². The van der Waals surface area contributed by atoms with Crippen LogP contribution in [0, 0.1) is 6.92 Å². The first kappa shape index (κ1) is 20.9. The second kappa shape index (κ2) is 8.69. The Morgan fingerprint density at radius 1 is 1.21 bits per heavy atom. The van der Waals surface area contributed by atoms with Gasteiger partial charge in [0, 0.05) is 22.3 Å². The first-order chi connectivity index (χ1) is 13.9. The highest BCUT2D eigenvalue weighted by atomic mass is 32.1. The molecule has 3 rings (SSSR count). The molecular weight excluding hydrogens is 388 g/mol. The van der Waals surface area contributed by atoms with Crippen molar-refractivity contribution in [1.29, 1.82) is 0 Å². The summed E-state index contributed by atoms with van der Waals surface area (Å²) in [5, 5.41) is 3.52. The number of methoxy groups -OCH3 is 2. The molecule has 154 valence electrons. The molecule has 2 heterocycles. The predicted molar refractivity (Wildman–Crippen MR) is 117 cm³/mol. The molecule has 0 saturated carbocycles. The number of aryl methyl sites for hydroxylation is 2. The molecule has 0 fully saturated rings. The fourth-order valence-electron chi connectivity index (χ4n) is 3.43. The summed E-state index contributed by atoms with van der Waals surface area (Å²) in [6, 6.07) is 7.19. The topological polar surface area (TPSA) is 69.6 Å². The molecule has 6 nitrogen and oxygen atoms in total. The molecule has 3 aromatic rings. The van der Waals surface area contributed by atoms with Gasteiger partial charge in [0.25, 0.3) is 11.5 Å². The minimum Gasteiger partial charge on any atom is -0.493 e. The molecule has 0 aliphatic carbocycles. The molecule has 1 amide bonds. The van der Waals surface area contributed by atoms with Gasteiger partial charge in [0.15, 0.2) is 11.5 Å². The van der Waals surface area contributed by atoms with E-state index in [1.807, 2.05) is 45.0 Å². The lowest BCUT2D eigenvalue weighted by atomic mass is 10.1. The monoisotopic (exact) mass is 414 g/mol. The molecule has 0 saturated heterocycles. The quantitative estimate of drug-likeness (QED) is 0.626. The first-order valence-electron chi connectivity index (χ1n) is 9.56. The molecular formula is C22H26N2O4S. The van der Waals surface area contributed by atoms with Gasteiger partial charge in [0.2, 0.25) is 0 Å². The van der Waals surface area contributed by atoms with E-state index in [0.29, 0.717) is 29.0 Å². The minimum absolute atomic E-state index is 0.113. The van der Waals surface area contributed by atoms with E-state index in [-0.39, 0.29) is 17.5 Å². The molecule has 2 aromatic heterocycles. The van der Waals surface area contributed by atoms with Crippen molar-refractivity contribution in [2.45, 2.75) is 39.8 Å². The number of ether oxygens (including phenoxy) is 2. The molecule has 29 heavy (non-hydrogen) atoms. The van der Waals surface area contributed by atoms with Crippen molar-refractivity contribution in [3.05, 3.63) is 56.8 Å². The maximum atomic E-state index is 13.1. The van der Waals surface area contributed by atoms with Crippen LogP contribution in [0.2, 0.25) is 0 Å². The molecule has 0 bridgehead atoms. The Morgan fingerprint density at radius 3 is 2.59 bits per heavy atom. The molecule has 1 atom stereocenters. The van der Waals surface area contributed by atoms with E-state index in [2.05, 4.69) is 5.32 Å². The fourth-order valence-corrected chi connectivity index (χ4v) is 4.48. The Labute approximate surface area is 174 Å². The first-order valence-corrected chi connectivity index (χ1v) is 10.4. The molecule has 0 radical (unpaired) electrons. The summed E-state index contributed by atoms with van der Waals surface area (Å²) in [7, 11) is 3.16. The second-order valence-corrected chi connectivity index (χ2v) is 8.15. The summed E-state index contributed by atoms with van der Waals surface area (Å²) in [6.45, 7) is 6.43. The lowest BCUT2D eigenvalue weighted by Crippen LogP contribution is -2.28. The van der Waals surface area contributed by atoms with Crippen LogP contribution in [0.1, 0.15) is 47.1 Å². The predicted octanol–water partition coefficient (Wildman–Crippen LogP) is 4.29. The van der Waals surface area contributed by atoms with Crippen molar-refractivity contribution < 1.29 is 14.3 Å². The van der Waals surface area contributed by atoms with Gasteiger partial charge < -0.3 is 19.4 Å². The number of rotatable bonds is 7. The van der Waals surface area contributed by atoms with E-state index < -0.39 is 0 Å². The van der Waals surface area contributed by atoms with E-state index in [1.54, 1.807) is 25.0 Å². The van der Waals surface area contributed by atoms with Crippen LogP contribution in [0.3, 0.4) is 0 Å². The highest BCUT2D eigenvalue weighted by Gasteiger charge is 2.22. The summed E-state index contributed by atoms with van der Waals surface area (Å²) in [6.07, 6.45) is 2.66. The van der Waals surface area contributed by atoms with Crippen LogP contribution in [0.5, 0.6) is 11.5 Å². The zero-order valence-corrected chi connectivity index (χ0v) is 18.2. The van der Waals surface area contributed by atoms with Crippen molar-refractivity contribution in [2.75, 3.05) is 14.2 Å². The van der Waals surface area contributed by atoms with Crippen molar-refractivity contribution >= 4 is 27.3 Å². The Bertz CT molecular complexity index is 1100. The maximum Gasteiger partial charge on any atom is 0.260 e. The lowest BCUT2D eigenvalue weighted by molar-refractivity contribution is 0.0941. The summed E-state index contributed by atoms with van der Waals surface area (Å²) in [5.41, 5.74) is 1.24. The van der Waals surface area contributed by atoms with Crippen LogP contribution in [0.25, 0.3) is 10.1 Å². The lowest BCUT2D eigenvalue weighted by Gasteiger charge is -2.17. The summed E-state index contributed by atoms with van der Waals surface area (Å²) >= 11 is 1.47. The van der Waals surface area contributed by atoms with Crippen molar-refractivity contribution in [2.24, 2.45) is 0 Å². The number of hydrogen-bond acceptors (Lipinski definition) is 5. The number of amides is 1. The Morgan fingerprint density at radius 2 is 1.93 bits per heavy atom. The van der Waals surface area contributed by atoms with Gasteiger partial charge in [0.05, 0.1) is 31.2 Å². The minimum atomic E-state index is -0.266. The van der Waals surface area contributed by atoms with Crippen molar-refractivity contribution in [3.8, 4) is 11.5 Å². The van der Waals surface area contributed by atoms with Crippen molar-refractivity contribution in [1.82, 2.24) is 9.88 Å². The van der Waals surface area contributed by atoms with Crippen LogP contribution in [0.4, 0.5) is 0 Å². The molecule has 0 aliphatic heterocycles. The molecule has 0 unspecified atom stereocenters.